The summed E-state index contributed by atoms with van der Waals surface area (Å²) in [6, 6.07) is 6.57. The van der Waals surface area contributed by atoms with E-state index >= 15 is 0 Å². The largest absolute Gasteiger partial charge is 0.450 e. The molecule has 118 valence electrons. The van der Waals surface area contributed by atoms with E-state index in [1.807, 2.05) is 28.2 Å². The Kier molecular flexibility index (Phi) is 4.95. The molecule has 22 heavy (non-hydrogen) atoms. The van der Waals surface area contributed by atoms with E-state index in [0.717, 1.165) is 0 Å². The third kappa shape index (κ3) is 3.93. The van der Waals surface area contributed by atoms with Gasteiger partial charge in [-0.25, -0.2) is 0 Å². The first-order valence-electron chi connectivity index (χ1n) is 6.92. The molecular formula is C16H20N2O4. The van der Waals surface area contributed by atoms with Crippen LogP contribution in [0, 0.1) is 0 Å². The van der Waals surface area contributed by atoms with Gasteiger partial charge in [0, 0.05) is 0 Å². The fraction of sp³-hybridized carbons (Fsp3) is 0.375. The molecule has 2 aromatic heterocycles. The number of hydrogen-bond acceptors (Lipinski definition) is 6. The van der Waals surface area contributed by atoms with Gasteiger partial charge in [0.25, 0.3) is 0 Å². The van der Waals surface area contributed by atoms with Crippen molar-refractivity contribution in [2.45, 2.75) is 0 Å². The molecule has 6 nitrogen and oxygen atoms in total. The molecule has 6 heteroatoms. The summed E-state index contributed by atoms with van der Waals surface area (Å²) < 4.78 is 11.0. The number of rotatable bonds is 7. The predicted octanol–water partition coefficient (Wildman–Crippen LogP) is 2.03. The lowest BCUT2D eigenvalue weighted by molar-refractivity contribution is 0.0921. The molecule has 0 unspecified atom stereocenters. The monoisotopic (exact) mass is 304 g/mol. The first-order chi connectivity index (χ1) is 10.4. The second-order valence-corrected chi connectivity index (χ2v) is 5.65. The van der Waals surface area contributed by atoms with E-state index in [2.05, 4.69) is 0 Å². The Hall–Kier alpha value is -2.18. The van der Waals surface area contributed by atoms with E-state index in [0.29, 0.717) is 11.5 Å². The number of nitrogens with zero attached hydrogens (tertiary/aromatic N) is 2. The van der Waals surface area contributed by atoms with E-state index in [1.54, 1.807) is 34.1 Å². The van der Waals surface area contributed by atoms with Gasteiger partial charge in [0.15, 0.2) is 23.0 Å². The van der Waals surface area contributed by atoms with Gasteiger partial charge in [-0.05, 0) is 52.5 Å². The topological polar surface area (TPSA) is 66.9 Å². The lowest BCUT2D eigenvalue weighted by atomic mass is 10.3. The number of furan rings is 2. The van der Waals surface area contributed by atoms with Gasteiger partial charge in [0.2, 0.25) is 11.6 Å². The zero-order valence-corrected chi connectivity index (χ0v) is 13.3. The van der Waals surface area contributed by atoms with Crippen molar-refractivity contribution in [3.63, 3.8) is 0 Å². The minimum Gasteiger partial charge on any atom is -0.450 e. The normalized spacial score (nSPS) is 11.4. The zero-order valence-electron chi connectivity index (χ0n) is 13.3. The molecule has 0 bridgehead atoms. The molecule has 0 saturated carbocycles. The molecule has 0 aliphatic rings. The first-order valence-corrected chi connectivity index (χ1v) is 6.92. The fourth-order valence-electron chi connectivity index (χ4n) is 1.97. The standard InChI is InChI=1S/C16H20N2O4/c1-17(2)9-11(19)13-5-7-15(21-13)16-8-6-14(22-16)12(20)10-18(3)4/h5-8H,9-10H2,1-4H3. The van der Waals surface area contributed by atoms with Crippen LogP contribution in [0.1, 0.15) is 21.1 Å². The van der Waals surface area contributed by atoms with Crippen molar-refractivity contribution in [3.8, 4) is 11.5 Å². The Labute approximate surface area is 129 Å². The Bertz CT molecular complexity index is 609. The molecule has 0 aliphatic heterocycles. The molecule has 0 N–H and O–H groups in total. The van der Waals surface area contributed by atoms with Gasteiger partial charge in [-0.2, -0.15) is 0 Å². The summed E-state index contributed by atoms with van der Waals surface area (Å²) in [7, 11) is 7.27. The van der Waals surface area contributed by atoms with Gasteiger partial charge < -0.3 is 18.6 Å². The third-order valence-electron chi connectivity index (χ3n) is 2.92. The van der Waals surface area contributed by atoms with E-state index in [4.69, 9.17) is 8.83 Å². The van der Waals surface area contributed by atoms with Gasteiger partial charge in [-0.1, -0.05) is 0 Å². The first kappa shape index (κ1) is 16.2. The maximum atomic E-state index is 11.9. The predicted molar refractivity (Wildman–Crippen MR) is 82.2 cm³/mol. The summed E-state index contributed by atoms with van der Waals surface area (Å²) in [4.78, 5) is 27.4. The average molecular weight is 304 g/mol. The van der Waals surface area contributed by atoms with Crippen LogP contribution < -0.4 is 0 Å². The Morgan fingerprint density at radius 3 is 1.45 bits per heavy atom. The molecule has 0 atom stereocenters. The minimum atomic E-state index is -0.105. The van der Waals surface area contributed by atoms with E-state index in [1.165, 1.54) is 0 Å². The molecule has 2 rings (SSSR count). The van der Waals surface area contributed by atoms with Crippen LogP contribution in [0.2, 0.25) is 0 Å². The van der Waals surface area contributed by atoms with Crippen LogP contribution in [0.5, 0.6) is 0 Å². The Balaban J connectivity index is 2.13. The Morgan fingerprint density at radius 2 is 1.14 bits per heavy atom. The number of carbonyl (C=O) groups excluding carboxylic acids is 2. The number of hydrogen-bond donors (Lipinski definition) is 0. The lowest BCUT2D eigenvalue weighted by Gasteiger charge is -2.06. The van der Waals surface area contributed by atoms with Crippen molar-refractivity contribution in [2.75, 3.05) is 41.3 Å². The van der Waals surface area contributed by atoms with Gasteiger partial charge in [0.1, 0.15) is 0 Å². The highest BCUT2D eigenvalue weighted by atomic mass is 16.4. The molecule has 0 saturated heterocycles. The van der Waals surface area contributed by atoms with Crippen LogP contribution >= 0.6 is 0 Å². The van der Waals surface area contributed by atoms with Gasteiger partial charge in [-0.15, -0.1) is 0 Å². The SMILES string of the molecule is CN(C)CC(=O)c1ccc(-c2ccc(C(=O)CN(C)C)o2)o1. The minimum absolute atomic E-state index is 0.105. The number of Topliss-reactive ketones (excluding diaryl/α,β-unsaturated/α-hetero) is 2. The summed E-state index contributed by atoms with van der Waals surface area (Å²) in [5.74, 6) is 1.22. The van der Waals surface area contributed by atoms with Crippen molar-refractivity contribution in [3.05, 3.63) is 35.8 Å². The summed E-state index contributed by atoms with van der Waals surface area (Å²) in [6.07, 6.45) is 0. The van der Waals surface area contributed by atoms with Crippen molar-refractivity contribution in [1.29, 1.82) is 0 Å². The molecule has 0 aliphatic carbocycles. The number of ketones is 2. The quantitative estimate of drug-likeness (QED) is 0.729. The summed E-state index contributed by atoms with van der Waals surface area (Å²) in [5, 5.41) is 0. The second kappa shape index (κ2) is 6.72. The highest BCUT2D eigenvalue weighted by Gasteiger charge is 2.17. The third-order valence-corrected chi connectivity index (χ3v) is 2.92. The molecule has 0 aromatic carbocycles. The van der Waals surface area contributed by atoms with E-state index < -0.39 is 0 Å². The highest BCUT2D eigenvalue weighted by Crippen LogP contribution is 2.25. The van der Waals surface area contributed by atoms with Crippen LogP contribution in [0.3, 0.4) is 0 Å². The van der Waals surface area contributed by atoms with Crippen molar-refractivity contribution in [1.82, 2.24) is 9.80 Å². The summed E-state index contributed by atoms with van der Waals surface area (Å²) in [5.41, 5.74) is 0. The molecule has 2 heterocycles. The number of likely N-dealkylation sites (N-methyl/N-ethyl adjacent to an activating group) is 2. The van der Waals surface area contributed by atoms with E-state index in [9.17, 15) is 9.59 Å². The lowest BCUT2D eigenvalue weighted by Crippen LogP contribution is -2.21. The molecular weight excluding hydrogens is 284 g/mol. The second-order valence-electron chi connectivity index (χ2n) is 5.65. The maximum Gasteiger partial charge on any atom is 0.211 e. The van der Waals surface area contributed by atoms with Crippen LogP contribution in [0.4, 0.5) is 0 Å². The average Bonchev–Trinajstić information content (AvgIpc) is 3.06. The van der Waals surface area contributed by atoms with Crippen LogP contribution in [-0.4, -0.2) is 62.6 Å². The van der Waals surface area contributed by atoms with Crippen molar-refractivity contribution < 1.29 is 18.4 Å². The van der Waals surface area contributed by atoms with Crippen molar-refractivity contribution in [2.24, 2.45) is 0 Å². The van der Waals surface area contributed by atoms with Crippen LogP contribution in [0.25, 0.3) is 11.5 Å². The van der Waals surface area contributed by atoms with Gasteiger partial charge in [0.05, 0.1) is 13.1 Å². The smallest absolute Gasteiger partial charge is 0.211 e. The number of carbonyl (C=O) groups is 2. The van der Waals surface area contributed by atoms with Crippen LogP contribution in [0.15, 0.2) is 33.1 Å². The molecule has 0 spiro atoms. The molecule has 0 fully saturated rings. The van der Waals surface area contributed by atoms with E-state index in [-0.39, 0.29) is 36.2 Å². The molecule has 2 aromatic rings. The van der Waals surface area contributed by atoms with Gasteiger partial charge in [-0.3, -0.25) is 9.59 Å². The van der Waals surface area contributed by atoms with Gasteiger partial charge >= 0.3 is 0 Å². The maximum absolute atomic E-state index is 11.9. The summed E-state index contributed by atoms with van der Waals surface area (Å²) in [6.45, 7) is 0.551. The highest BCUT2D eigenvalue weighted by molar-refractivity contribution is 5.96. The molecule has 0 amide bonds. The molecule has 0 radical (unpaired) electrons. The summed E-state index contributed by atoms with van der Waals surface area (Å²) >= 11 is 0. The Morgan fingerprint density at radius 1 is 0.773 bits per heavy atom. The fourth-order valence-corrected chi connectivity index (χ4v) is 1.97. The van der Waals surface area contributed by atoms with Crippen molar-refractivity contribution >= 4 is 11.6 Å². The van der Waals surface area contributed by atoms with Crippen LogP contribution in [-0.2, 0) is 0 Å². The zero-order chi connectivity index (χ0) is 16.3.